The highest BCUT2D eigenvalue weighted by Gasteiger charge is 2.17. The van der Waals surface area contributed by atoms with E-state index in [1.165, 1.54) is 7.11 Å². The van der Waals surface area contributed by atoms with E-state index >= 15 is 0 Å². The molecule has 0 heterocycles. The zero-order valence-electron chi connectivity index (χ0n) is 10.1. The number of carbonyl (C=O) groups excluding carboxylic acids is 2. The summed E-state index contributed by atoms with van der Waals surface area (Å²) in [6, 6.07) is 6.56. The average molecular weight is 242 g/mol. The predicted molar refractivity (Wildman–Crippen MR) is 68.5 cm³/mol. The van der Waals surface area contributed by atoms with Crippen LogP contribution in [0.4, 0.5) is 0 Å². The summed E-state index contributed by atoms with van der Waals surface area (Å²) >= 11 is 0. The average Bonchev–Trinajstić information content (AvgIpc) is 2.47. The van der Waals surface area contributed by atoms with Crippen molar-refractivity contribution >= 4 is 11.8 Å². The number of allylic oxidation sites excluding steroid dienone is 4. The van der Waals surface area contributed by atoms with Gasteiger partial charge in [0.05, 0.1) is 12.7 Å². The molecule has 1 aromatic carbocycles. The van der Waals surface area contributed by atoms with Gasteiger partial charge in [0.15, 0.2) is 5.78 Å². The van der Waals surface area contributed by atoms with E-state index in [4.69, 9.17) is 0 Å². The van der Waals surface area contributed by atoms with Crippen LogP contribution in [0.25, 0.3) is 0 Å². The van der Waals surface area contributed by atoms with Crippen molar-refractivity contribution in [3.63, 3.8) is 0 Å². The van der Waals surface area contributed by atoms with E-state index in [-0.39, 0.29) is 11.7 Å². The van der Waals surface area contributed by atoms with E-state index in [0.717, 1.165) is 6.42 Å². The lowest BCUT2D eigenvalue weighted by Crippen LogP contribution is -2.13. The molecule has 3 nitrogen and oxygen atoms in total. The van der Waals surface area contributed by atoms with Crippen LogP contribution >= 0.6 is 0 Å². The molecular formula is C15H14O3. The molecule has 0 radical (unpaired) electrons. The third-order valence-electron chi connectivity index (χ3n) is 2.91. The fraction of sp³-hybridized carbons (Fsp3) is 0.200. The van der Waals surface area contributed by atoms with Gasteiger partial charge < -0.3 is 4.74 Å². The first-order valence-corrected chi connectivity index (χ1v) is 5.78. The van der Waals surface area contributed by atoms with Gasteiger partial charge in [-0.3, -0.25) is 4.79 Å². The molecule has 0 amide bonds. The van der Waals surface area contributed by atoms with Gasteiger partial charge >= 0.3 is 5.97 Å². The predicted octanol–water partition coefficient (Wildman–Crippen LogP) is 2.79. The lowest BCUT2D eigenvalue weighted by Gasteiger charge is -2.11. The van der Waals surface area contributed by atoms with Gasteiger partial charge in [0, 0.05) is 11.5 Å². The lowest BCUT2D eigenvalue weighted by molar-refractivity contribution is 0.0600. The number of methoxy groups -OCH3 is 1. The first-order chi connectivity index (χ1) is 8.72. The van der Waals surface area contributed by atoms with E-state index < -0.39 is 5.97 Å². The minimum Gasteiger partial charge on any atom is -0.465 e. The van der Waals surface area contributed by atoms with Crippen LogP contribution in [0.5, 0.6) is 0 Å². The van der Waals surface area contributed by atoms with Crippen molar-refractivity contribution in [2.45, 2.75) is 6.42 Å². The summed E-state index contributed by atoms with van der Waals surface area (Å²) in [6.07, 6.45) is 8.43. The highest BCUT2D eigenvalue weighted by molar-refractivity contribution is 6.00. The number of benzene rings is 1. The number of hydrogen-bond donors (Lipinski definition) is 0. The van der Waals surface area contributed by atoms with E-state index in [1.807, 2.05) is 24.3 Å². The van der Waals surface area contributed by atoms with Crippen LogP contribution in [0, 0.1) is 5.92 Å². The van der Waals surface area contributed by atoms with E-state index in [0.29, 0.717) is 11.1 Å². The Morgan fingerprint density at radius 1 is 1.11 bits per heavy atom. The van der Waals surface area contributed by atoms with Gasteiger partial charge in [-0.15, -0.1) is 0 Å². The van der Waals surface area contributed by atoms with Crippen molar-refractivity contribution in [2.24, 2.45) is 5.92 Å². The number of carbonyl (C=O) groups is 2. The van der Waals surface area contributed by atoms with Gasteiger partial charge in [0.25, 0.3) is 0 Å². The van der Waals surface area contributed by atoms with Gasteiger partial charge in [-0.2, -0.15) is 0 Å². The summed E-state index contributed by atoms with van der Waals surface area (Å²) in [6.45, 7) is 0. The molecule has 1 unspecified atom stereocenters. The zero-order valence-corrected chi connectivity index (χ0v) is 10.1. The quantitative estimate of drug-likeness (QED) is 0.604. The number of rotatable bonds is 3. The number of Topliss-reactive ketones (excluding diaryl/α,β-unsaturated/α-hetero) is 1. The Morgan fingerprint density at radius 3 is 2.33 bits per heavy atom. The Hall–Kier alpha value is -2.16. The molecule has 1 aliphatic rings. The van der Waals surface area contributed by atoms with Crippen molar-refractivity contribution in [1.82, 2.24) is 0 Å². The van der Waals surface area contributed by atoms with Crippen LogP contribution in [0.2, 0.25) is 0 Å². The summed E-state index contributed by atoms with van der Waals surface area (Å²) in [4.78, 5) is 23.4. The molecule has 18 heavy (non-hydrogen) atoms. The van der Waals surface area contributed by atoms with Crippen molar-refractivity contribution in [2.75, 3.05) is 7.11 Å². The zero-order chi connectivity index (χ0) is 13.0. The maximum Gasteiger partial charge on any atom is 0.337 e. The second-order valence-corrected chi connectivity index (χ2v) is 4.09. The molecule has 0 spiro atoms. The van der Waals surface area contributed by atoms with Gasteiger partial charge in [-0.05, 0) is 18.6 Å². The first-order valence-electron chi connectivity index (χ1n) is 5.78. The number of hydrogen-bond acceptors (Lipinski definition) is 3. The summed E-state index contributed by atoms with van der Waals surface area (Å²) < 4.78 is 4.61. The molecule has 0 N–H and O–H groups in total. The van der Waals surface area contributed by atoms with E-state index in [2.05, 4.69) is 4.74 Å². The Balaban J connectivity index is 2.14. The largest absolute Gasteiger partial charge is 0.465 e. The highest BCUT2D eigenvalue weighted by atomic mass is 16.5. The van der Waals surface area contributed by atoms with Crippen molar-refractivity contribution < 1.29 is 14.3 Å². The van der Waals surface area contributed by atoms with Crippen molar-refractivity contribution in [3.8, 4) is 0 Å². The highest BCUT2D eigenvalue weighted by Crippen LogP contribution is 2.18. The molecule has 0 aromatic heterocycles. The molecule has 1 aliphatic carbocycles. The van der Waals surface area contributed by atoms with Crippen LogP contribution < -0.4 is 0 Å². The van der Waals surface area contributed by atoms with Crippen molar-refractivity contribution in [1.29, 1.82) is 0 Å². The molecule has 2 rings (SSSR count). The molecule has 1 atom stereocenters. The van der Waals surface area contributed by atoms with Gasteiger partial charge in [-0.25, -0.2) is 4.79 Å². The van der Waals surface area contributed by atoms with Crippen LogP contribution in [-0.2, 0) is 4.74 Å². The monoisotopic (exact) mass is 242 g/mol. The summed E-state index contributed by atoms with van der Waals surface area (Å²) in [5.41, 5.74) is 1.07. The van der Waals surface area contributed by atoms with Gasteiger partial charge in [-0.1, -0.05) is 36.4 Å². The fourth-order valence-electron chi connectivity index (χ4n) is 1.88. The molecule has 1 aromatic rings. The van der Waals surface area contributed by atoms with Gasteiger partial charge in [0.1, 0.15) is 0 Å². The minimum atomic E-state index is -0.394. The Labute approximate surface area is 106 Å². The second-order valence-electron chi connectivity index (χ2n) is 4.09. The molecular weight excluding hydrogens is 228 g/mol. The Bertz CT molecular complexity index is 509. The Kier molecular flexibility index (Phi) is 3.72. The van der Waals surface area contributed by atoms with Crippen LogP contribution in [-0.4, -0.2) is 18.9 Å². The molecule has 0 fully saturated rings. The van der Waals surface area contributed by atoms with Gasteiger partial charge in [0.2, 0.25) is 0 Å². The summed E-state index contributed by atoms with van der Waals surface area (Å²) in [7, 11) is 1.33. The maximum atomic E-state index is 12.1. The minimum absolute atomic E-state index is 0.0759. The molecule has 3 heteroatoms. The third-order valence-corrected chi connectivity index (χ3v) is 2.91. The second kappa shape index (κ2) is 5.45. The molecule has 0 aliphatic heterocycles. The molecule has 92 valence electrons. The molecule has 0 bridgehead atoms. The number of ketones is 1. The third kappa shape index (κ3) is 2.56. The van der Waals surface area contributed by atoms with Crippen molar-refractivity contribution in [3.05, 3.63) is 59.7 Å². The number of esters is 1. The van der Waals surface area contributed by atoms with Crippen LogP contribution in [0.15, 0.2) is 48.6 Å². The van der Waals surface area contributed by atoms with E-state index in [9.17, 15) is 9.59 Å². The standard InChI is InChI=1S/C15H14O3/c1-18-15(17)13-9-7-12(8-10-13)14(16)11-5-3-2-4-6-11/h2-5,7-11H,6H2,1H3. The Morgan fingerprint density at radius 2 is 1.78 bits per heavy atom. The maximum absolute atomic E-state index is 12.1. The van der Waals surface area contributed by atoms with Crippen LogP contribution in [0.3, 0.4) is 0 Å². The summed E-state index contributed by atoms with van der Waals surface area (Å²) in [5.74, 6) is -0.416. The summed E-state index contributed by atoms with van der Waals surface area (Å²) in [5, 5.41) is 0. The molecule has 0 saturated carbocycles. The van der Waals surface area contributed by atoms with Crippen LogP contribution in [0.1, 0.15) is 27.1 Å². The SMILES string of the molecule is COC(=O)c1ccc(C(=O)C2C=CC=CC2)cc1. The topological polar surface area (TPSA) is 43.4 Å². The lowest BCUT2D eigenvalue weighted by atomic mass is 9.91. The number of ether oxygens (including phenoxy) is 1. The van der Waals surface area contributed by atoms with E-state index in [1.54, 1.807) is 24.3 Å². The molecule has 0 saturated heterocycles. The normalized spacial score (nSPS) is 17.5. The fourth-order valence-corrected chi connectivity index (χ4v) is 1.88. The smallest absolute Gasteiger partial charge is 0.337 e. The first kappa shape index (κ1) is 12.3.